The van der Waals surface area contributed by atoms with Crippen LogP contribution in [0.2, 0.25) is 0 Å². The van der Waals surface area contributed by atoms with E-state index in [-0.39, 0.29) is 5.91 Å². The van der Waals surface area contributed by atoms with Crippen LogP contribution in [0.25, 0.3) is 16.9 Å². The largest absolute Gasteiger partial charge is 0.493 e. The van der Waals surface area contributed by atoms with Gasteiger partial charge in [0.2, 0.25) is 11.7 Å². The molecule has 0 saturated carbocycles. The van der Waals surface area contributed by atoms with Crippen molar-refractivity contribution in [1.29, 1.82) is 0 Å². The molecule has 0 atom stereocenters. The molecule has 0 saturated heterocycles. The Morgan fingerprint density at radius 2 is 1.68 bits per heavy atom. The number of methoxy groups -OCH3 is 3. The summed E-state index contributed by atoms with van der Waals surface area (Å²) < 4.78 is 18.2. The van der Waals surface area contributed by atoms with Crippen molar-refractivity contribution in [1.82, 2.24) is 19.9 Å². The van der Waals surface area contributed by atoms with Gasteiger partial charge in [0.1, 0.15) is 11.3 Å². The van der Waals surface area contributed by atoms with Crippen LogP contribution in [0.1, 0.15) is 17.8 Å². The van der Waals surface area contributed by atoms with Crippen LogP contribution < -0.4 is 19.5 Å². The number of nitrogens with zero attached hydrogens (tertiary/aromatic N) is 3. The molecule has 0 radical (unpaired) electrons. The highest BCUT2D eigenvalue weighted by Gasteiger charge is 2.15. The summed E-state index contributed by atoms with van der Waals surface area (Å²) in [6.07, 6.45) is 3.21. The molecule has 34 heavy (non-hydrogen) atoms. The third kappa shape index (κ3) is 4.96. The second-order valence-electron chi connectivity index (χ2n) is 7.68. The summed E-state index contributed by atoms with van der Waals surface area (Å²) in [6, 6.07) is 17.5. The summed E-state index contributed by atoms with van der Waals surface area (Å²) in [6.45, 7) is 0.494. The number of hydrogen-bond acceptors (Lipinski definition) is 6. The van der Waals surface area contributed by atoms with Crippen molar-refractivity contribution < 1.29 is 19.0 Å². The Bertz CT molecular complexity index is 1250. The van der Waals surface area contributed by atoms with Crippen LogP contribution in [0.4, 0.5) is 0 Å². The second kappa shape index (κ2) is 10.7. The van der Waals surface area contributed by atoms with Crippen LogP contribution in [0.5, 0.6) is 17.2 Å². The number of carbonyl (C=O) groups is 1. The SMILES string of the molecule is COc1cc(CCNC(=O)CCc2nc3cccnc3n2-c2ccccc2)cc(OC)c1OC. The van der Waals surface area contributed by atoms with Crippen molar-refractivity contribution in [2.75, 3.05) is 27.9 Å². The van der Waals surface area contributed by atoms with Gasteiger partial charge in [-0.15, -0.1) is 0 Å². The zero-order valence-electron chi connectivity index (χ0n) is 19.6. The zero-order chi connectivity index (χ0) is 23.9. The Labute approximate surface area is 198 Å². The van der Waals surface area contributed by atoms with Crippen LogP contribution in [0.3, 0.4) is 0 Å². The van der Waals surface area contributed by atoms with Crippen molar-refractivity contribution in [3.05, 3.63) is 72.2 Å². The molecular weight excluding hydrogens is 432 g/mol. The first-order chi connectivity index (χ1) is 16.6. The summed E-state index contributed by atoms with van der Waals surface area (Å²) in [5.74, 6) is 2.51. The summed E-state index contributed by atoms with van der Waals surface area (Å²) >= 11 is 0. The molecule has 4 rings (SSSR count). The number of imidazole rings is 1. The normalized spacial score (nSPS) is 10.8. The number of hydrogen-bond donors (Lipinski definition) is 1. The molecule has 1 amide bonds. The van der Waals surface area contributed by atoms with Crippen molar-refractivity contribution in [2.24, 2.45) is 0 Å². The van der Waals surface area contributed by atoms with Crippen LogP contribution in [-0.4, -0.2) is 48.3 Å². The number of aromatic nitrogens is 3. The summed E-state index contributed by atoms with van der Waals surface area (Å²) in [7, 11) is 4.74. The van der Waals surface area contributed by atoms with Crippen LogP contribution in [0.15, 0.2) is 60.8 Å². The maximum atomic E-state index is 12.6. The van der Waals surface area contributed by atoms with Gasteiger partial charge in [-0.1, -0.05) is 18.2 Å². The van der Waals surface area contributed by atoms with Gasteiger partial charge in [-0.25, -0.2) is 9.97 Å². The lowest BCUT2D eigenvalue weighted by atomic mass is 10.1. The predicted molar refractivity (Wildman–Crippen MR) is 130 cm³/mol. The molecule has 2 aromatic heterocycles. The summed E-state index contributed by atoms with van der Waals surface area (Å²) in [5.41, 5.74) is 3.55. The van der Waals surface area contributed by atoms with Crippen molar-refractivity contribution >= 4 is 17.1 Å². The van der Waals surface area contributed by atoms with E-state index in [9.17, 15) is 4.79 Å². The highest BCUT2D eigenvalue weighted by molar-refractivity contribution is 5.77. The van der Waals surface area contributed by atoms with Gasteiger partial charge in [0.05, 0.1) is 21.3 Å². The average molecular weight is 461 g/mol. The minimum atomic E-state index is -0.0351. The monoisotopic (exact) mass is 460 g/mol. The van der Waals surface area contributed by atoms with E-state index in [1.165, 1.54) is 0 Å². The molecule has 0 unspecified atom stereocenters. The van der Waals surface area contributed by atoms with E-state index >= 15 is 0 Å². The molecule has 0 aliphatic rings. The third-order valence-corrected chi connectivity index (χ3v) is 5.54. The van der Waals surface area contributed by atoms with E-state index in [0.29, 0.717) is 43.1 Å². The molecule has 8 heteroatoms. The minimum absolute atomic E-state index is 0.0351. The highest BCUT2D eigenvalue weighted by atomic mass is 16.5. The molecule has 2 heterocycles. The summed E-state index contributed by atoms with van der Waals surface area (Å²) in [4.78, 5) is 21.8. The van der Waals surface area contributed by atoms with E-state index in [2.05, 4.69) is 10.3 Å². The van der Waals surface area contributed by atoms with Crippen LogP contribution >= 0.6 is 0 Å². The molecule has 1 N–H and O–H groups in total. The molecule has 0 bridgehead atoms. The molecule has 8 nitrogen and oxygen atoms in total. The van der Waals surface area contributed by atoms with E-state index < -0.39 is 0 Å². The molecular formula is C26H28N4O4. The molecule has 176 valence electrons. The first kappa shape index (κ1) is 23.1. The van der Waals surface area contributed by atoms with Crippen LogP contribution in [-0.2, 0) is 17.6 Å². The van der Waals surface area contributed by atoms with Crippen molar-refractivity contribution in [3.63, 3.8) is 0 Å². The quantitative estimate of drug-likeness (QED) is 0.388. The Kier molecular flexibility index (Phi) is 7.27. The van der Waals surface area contributed by atoms with E-state index in [4.69, 9.17) is 19.2 Å². The standard InChI is InChI=1S/C26H28N4O4/c1-32-21-16-18(17-22(33-2)25(21)34-3)13-15-27-24(31)12-11-23-29-20-10-7-14-28-26(20)30(23)19-8-5-4-6-9-19/h4-10,14,16-17H,11-13,15H2,1-3H3,(H,27,31). The number of fused-ring (bicyclic) bond motifs is 1. The highest BCUT2D eigenvalue weighted by Crippen LogP contribution is 2.38. The third-order valence-electron chi connectivity index (χ3n) is 5.54. The lowest BCUT2D eigenvalue weighted by molar-refractivity contribution is -0.121. The maximum absolute atomic E-state index is 12.6. The van der Waals surface area contributed by atoms with E-state index in [0.717, 1.165) is 28.2 Å². The molecule has 0 spiro atoms. The van der Waals surface area contributed by atoms with Crippen LogP contribution in [0, 0.1) is 0 Å². The Balaban J connectivity index is 1.40. The Morgan fingerprint density at radius 3 is 2.35 bits per heavy atom. The van der Waals surface area contributed by atoms with Gasteiger partial charge in [0.25, 0.3) is 0 Å². The lowest BCUT2D eigenvalue weighted by Gasteiger charge is -2.14. The first-order valence-electron chi connectivity index (χ1n) is 11.1. The summed E-state index contributed by atoms with van der Waals surface area (Å²) in [5, 5.41) is 2.99. The fraction of sp³-hybridized carbons (Fsp3) is 0.269. The van der Waals surface area contributed by atoms with Gasteiger partial charge >= 0.3 is 0 Å². The topological polar surface area (TPSA) is 87.5 Å². The zero-order valence-corrected chi connectivity index (χ0v) is 19.6. The predicted octanol–water partition coefficient (Wildman–Crippen LogP) is 3.74. The molecule has 0 aliphatic heterocycles. The lowest BCUT2D eigenvalue weighted by Crippen LogP contribution is -2.26. The smallest absolute Gasteiger partial charge is 0.220 e. The average Bonchev–Trinajstić information content (AvgIpc) is 3.25. The number of ether oxygens (including phenoxy) is 3. The molecule has 4 aromatic rings. The Morgan fingerprint density at radius 1 is 0.941 bits per heavy atom. The number of aryl methyl sites for hydroxylation is 1. The molecule has 0 fully saturated rings. The number of carbonyl (C=O) groups excluding carboxylic acids is 1. The molecule has 2 aromatic carbocycles. The number of nitrogens with one attached hydrogen (secondary N) is 1. The number of para-hydroxylation sites is 1. The van der Waals surface area contributed by atoms with E-state index in [1.807, 2.05) is 59.2 Å². The minimum Gasteiger partial charge on any atom is -0.493 e. The van der Waals surface area contributed by atoms with Crippen molar-refractivity contribution in [3.8, 4) is 22.9 Å². The van der Waals surface area contributed by atoms with Gasteiger partial charge in [-0.05, 0) is 48.4 Å². The van der Waals surface area contributed by atoms with Gasteiger partial charge in [-0.3, -0.25) is 9.36 Å². The fourth-order valence-electron chi connectivity index (χ4n) is 3.92. The van der Waals surface area contributed by atoms with Gasteiger partial charge < -0.3 is 19.5 Å². The number of pyridine rings is 1. The second-order valence-corrected chi connectivity index (χ2v) is 7.68. The maximum Gasteiger partial charge on any atom is 0.220 e. The molecule has 0 aliphatic carbocycles. The van der Waals surface area contributed by atoms with Gasteiger partial charge in [0.15, 0.2) is 17.1 Å². The van der Waals surface area contributed by atoms with E-state index in [1.54, 1.807) is 27.5 Å². The van der Waals surface area contributed by atoms with Gasteiger partial charge in [0, 0.05) is 31.3 Å². The number of benzene rings is 2. The Hall–Kier alpha value is -4.07. The fourth-order valence-corrected chi connectivity index (χ4v) is 3.92. The number of amides is 1. The van der Waals surface area contributed by atoms with Gasteiger partial charge in [-0.2, -0.15) is 0 Å². The van der Waals surface area contributed by atoms with Crippen molar-refractivity contribution in [2.45, 2.75) is 19.3 Å². The number of rotatable bonds is 10. The first-order valence-corrected chi connectivity index (χ1v) is 11.1.